The zero-order valence-corrected chi connectivity index (χ0v) is 18.1. The van der Waals surface area contributed by atoms with Gasteiger partial charge in [-0.3, -0.25) is 9.78 Å². The van der Waals surface area contributed by atoms with Crippen molar-refractivity contribution in [1.29, 1.82) is 0 Å². The first-order valence-electron chi connectivity index (χ1n) is 9.61. The molecule has 4 rings (SSSR count). The predicted molar refractivity (Wildman–Crippen MR) is 118 cm³/mol. The molecule has 30 heavy (non-hydrogen) atoms. The van der Waals surface area contributed by atoms with Gasteiger partial charge in [-0.2, -0.15) is 0 Å². The molecule has 3 heterocycles. The number of amides is 1. The van der Waals surface area contributed by atoms with Crippen LogP contribution in [0.3, 0.4) is 0 Å². The van der Waals surface area contributed by atoms with E-state index in [9.17, 15) is 4.79 Å². The fourth-order valence-electron chi connectivity index (χ4n) is 3.66. The van der Waals surface area contributed by atoms with Gasteiger partial charge in [0, 0.05) is 31.0 Å². The average Bonchev–Trinajstić information content (AvgIpc) is 3.02. The van der Waals surface area contributed by atoms with Gasteiger partial charge in [-0.1, -0.05) is 29.8 Å². The summed E-state index contributed by atoms with van der Waals surface area (Å²) in [6, 6.07) is 14.6. The van der Waals surface area contributed by atoms with E-state index in [-0.39, 0.29) is 5.91 Å². The summed E-state index contributed by atoms with van der Waals surface area (Å²) in [6.07, 6.45) is 1.72. The minimum Gasteiger partial charge on any atom is -0.329 e. The summed E-state index contributed by atoms with van der Waals surface area (Å²) in [7, 11) is 3.68. The van der Waals surface area contributed by atoms with E-state index in [1.54, 1.807) is 24.2 Å². The number of hydrogen-bond donors (Lipinski definition) is 0. The molecule has 6 nitrogen and oxygen atoms in total. The second kappa shape index (κ2) is 7.88. The third-order valence-corrected chi connectivity index (χ3v) is 5.48. The number of nitrogens with zero attached hydrogens (tertiary/aromatic N) is 5. The maximum absolute atomic E-state index is 13.7. The lowest BCUT2D eigenvalue weighted by Crippen LogP contribution is -2.32. The molecule has 0 saturated carbocycles. The number of fused-ring (bicyclic) bond motifs is 1. The lowest BCUT2D eigenvalue weighted by Gasteiger charge is -2.28. The first-order valence-corrected chi connectivity index (χ1v) is 9.99. The molecule has 0 N–H and O–H groups in total. The zero-order chi connectivity index (χ0) is 21.4. The van der Waals surface area contributed by atoms with Gasteiger partial charge in [0.2, 0.25) is 0 Å². The highest BCUT2D eigenvalue weighted by Gasteiger charge is 2.28. The van der Waals surface area contributed by atoms with E-state index in [1.165, 1.54) is 0 Å². The minimum absolute atomic E-state index is 0.153. The van der Waals surface area contributed by atoms with E-state index >= 15 is 0 Å². The minimum atomic E-state index is -0.397. The highest BCUT2D eigenvalue weighted by molar-refractivity contribution is 6.30. The Morgan fingerprint density at radius 2 is 1.90 bits per heavy atom. The van der Waals surface area contributed by atoms with E-state index < -0.39 is 6.04 Å². The van der Waals surface area contributed by atoms with Crippen molar-refractivity contribution in [2.75, 3.05) is 7.05 Å². The Balaban J connectivity index is 1.85. The highest BCUT2D eigenvalue weighted by Crippen LogP contribution is 2.30. The number of rotatable bonds is 4. The Labute approximate surface area is 180 Å². The quantitative estimate of drug-likeness (QED) is 0.488. The first kappa shape index (κ1) is 20.0. The second-order valence-electron chi connectivity index (χ2n) is 7.33. The predicted octanol–water partition coefficient (Wildman–Crippen LogP) is 4.50. The summed E-state index contributed by atoms with van der Waals surface area (Å²) in [5.74, 6) is 0.648. The van der Waals surface area contributed by atoms with E-state index in [0.29, 0.717) is 21.7 Å². The molecule has 0 aliphatic rings. The topological polar surface area (TPSA) is 63.9 Å². The normalized spacial score (nSPS) is 12.2. The maximum Gasteiger partial charge on any atom is 0.256 e. The number of hydrogen-bond acceptors (Lipinski definition) is 4. The van der Waals surface area contributed by atoms with Crippen LogP contribution >= 0.6 is 11.6 Å². The molecule has 7 heteroatoms. The molecule has 0 fully saturated rings. The first-order chi connectivity index (χ1) is 14.4. The molecule has 0 bridgehead atoms. The molecule has 0 spiro atoms. The van der Waals surface area contributed by atoms with Crippen LogP contribution in [0.5, 0.6) is 0 Å². The molecule has 0 aliphatic heterocycles. The van der Waals surface area contributed by atoms with Crippen molar-refractivity contribution in [2.45, 2.75) is 19.9 Å². The van der Waals surface area contributed by atoms with Gasteiger partial charge in [0.15, 0.2) is 5.65 Å². The Hall–Kier alpha value is -3.25. The van der Waals surface area contributed by atoms with Crippen molar-refractivity contribution < 1.29 is 4.79 Å². The fraction of sp³-hybridized carbons (Fsp3) is 0.217. The smallest absolute Gasteiger partial charge is 0.256 e. The van der Waals surface area contributed by atoms with Crippen LogP contribution in [0.1, 0.15) is 39.2 Å². The number of aromatic nitrogens is 4. The summed E-state index contributed by atoms with van der Waals surface area (Å²) in [5.41, 5.74) is 4.22. The number of pyridine rings is 2. The monoisotopic (exact) mass is 419 g/mol. The Kier molecular flexibility index (Phi) is 5.26. The molecule has 0 radical (unpaired) electrons. The van der Waals surface area contributed by atoms with Crippen LogP contribution in [0.25, 0.3) is 11.2 Å². The van der Waals surface area contributed by atoms with Crippen LogP contribution < -0.4 is 0 Å². The lowest BCUT2D eigenvalue weighted by molar-refractivity contribution is 0.0754. The fourth-order valence-corrected chi connectivity index (χ4v) is 3.86. The number of benzene rings is 1. The number of carbonyl (C=O) groups is 1. The van der Waals surface area contributed by atoms with Crippen LogP contribution in [-0.2, 0) is 7.05 Å². The van der Waals surface area contributed by atoms with Gasteiger partial charge in [-0.15, -0.1) is 0 Å². The van der Waals surface area contributed by atoms with Gasteiger partial charge in [0.25, 0.3) is 5.91 Å². The summed E-state index contributed by atoms with van der Waals surface area (Å²) < 4.78 is 1.90. The van der Waals surface area contributed by atoms with Crippen LogP contribution in [-0.4, -0.2) is 37.4 Å². The third kappa shape index (κ3) is 3.55. The molecule has 4 aromatic rings. The SMILES string of the molecule is Cc1cc(C(=O)N(C)C(c2cccc(Cl)c2)c2ccccn2)c2nc(C)n(C)c2n1. The molecular weight excluding hydrogens is 398 g/mol. The second-order valence-corrected chi connectivity index (χ2v) is 7.77. The standard InChI is InChI=1S/C23H22ClN5O/c1-14-12-18(20-22(26-14)28(3)15(2)27-20)23(30)29(4)21(19-10-5-6-11-25-19)16-8-7-9-17(24)13-16/h5-13,21H,1-4H3. The lowest BCUT2D eigenvalue weighted by atomic mass is 10.0. The largest absolute Gasteiger partial charge is 0.329 e. The van der Waals surface area contributed by atoms with E-state index in [0.717, 1.165) is 22.8 Å². The summed E-state index contributed by atoms with van der Waals surface area (Å²) in [6.45, 7) is 3.78. The number of halogens is 1. The zero-order valence-electron chi connectivity index (χ0n) is 17.3. The molecule has 1 amide bonds. The van der Waals surface area contributed by atoms with Crippen LogP contribution in [0.15, 0.2) is 54.7 Å². The molecule has 0 aliphatic carbocycles. The highest BCUT2D eigenvalue weighted by atomic mass is 35.5. The van der Waals surface area contributed by atoms with Gasteiger partial charge < -0.3 is 9.47 Å². The molecule has 1 unspecified atom stereocenters. The summed E-state index contributed by atoms with van der Waals surface area (Å²) >= 11 is 6.25. The van der Waals surface area contributed by atoms with E-state index in [2.05, 4.69) is 15.0 Å². The maximum atomic E-state index is 13.7. The van der Waals surface area contributed by atoms with Crippen molar-refractivity contribution in [3.05, 3.63) is 88.1 Å². The van der Waals surface area contributed by atoms with Crippen molar-refractivity contribution in [3.8, 4) is 0 Å². The van der Waals surface area contributed by atoms with Crippen LogP contribution in [0, 0.1) is 13.8 Å². The van der Waals surface area contributed by atoms with Gasteiger partial charge in [-0.25, -0.2) is 9.97 Å². The number of aryl methyl sites for hydroxylation is 3. The van der Waals surface area contributed by atoms with Crippen molar-refractivity contribution in [2.24, 2.45) is 7.05 Å². The molecular formula is C23H22ClN5O. The Morgan fingerprint density at radius 1 is 1.10 bits per heavy atom. The van der Waals surface area contributed by atoms with E-state index in [1.807, 2.05) is 67.9 Å². The van der Waals surface area contributed by atoms with Gasteiger partial charge in [0.1, 0.15) is 11.3 Å². The van der Waals surface area contributed by atoms with Gasteiger partial charge in [-0.05, 0) is 49.7 Å². The van der Waals surface area contributed by atoms with Crippen molar-refractivity contribution in [1.82, 2.24) is 24.4 Å². The molecule has 1 aromatic carbocycles. The van der Waals surface area contributed by atoms with Gasteiger partial charge in [0.05, 0.1) is 17.3 Å². The summed E-state index contributed by atoms with van der Waals surface area (Å²) in [4.78, 5) is 29.1. The van der Waals surface area contributed by atoms with Gasteiger partial charge >= 0.3 is 0 Å². The molecule has 1 atom stereocenters. The summed E-state index contributed by atoms with van der Waals surface area (Å²) in [5, 5.41) is 0.608. The van der Waals surface area contributed by atoms with E-state index in [4.69, 9.17) is 11.6 Å². The third-order valence-electron chi connectivity index (χ3n) is 5.25. The number of imidazole rings is 1. The number of carbonyl (C=O) groups excluding carboxylic acids is 1. The Morgan fingerprint density at radius 3 is 2.60 bits per heavy atom. The van der Waals surface area contributed by atoms with Crippen LogP contribution in [0.2, 0.25) is 5.02 Å². The average molecular weight is 420 g/mol. The molecule has 0 saturated heterocycles. The van der Waals surface area contributed by atoms with Crippen molar-refractivity contribution in [3.63, 3.8) is 0 Å². The molecule has 152 valence electrons. The van der Waals surface area contributed by atoms with Crippen LogP contribution in [0.4, 0.5) is 0 Å². The van der Waals surface area contributed by atoms with Crippen molar-refractivity contribution >= 4 is 28.7 Å². The Bertz CT molecular complexity index is 1240. The molecule has 3 aromatic heterocycles.